The largest absolute Gasteiger partial charge is 0.497 e. The number of halogens is 1. The third kappa shape index (κ3) is 4.04. The van der Waals surface area contributed by atoms with Gasteiger partial charge in [-0.05, 0) is 47.9 Å². The zero-order valence-electron chi connectivity index (χ0n) is 16.4. The number of hydrogen-bond acceptors (Lipinski definition) is 5. The summed E-state index contributed by atoms with van der Waals surface area (Å²) in [4.78, 5) is 15.4. The van der Waals surface area contributed by atoms with Crippen LogP contribution >= 0.6 is 11.6 Å². The monoisotopic (exact) mass is 424 g/mol. The van der Waals surface area contributed by atoms with Gasteiger partial charge in [-0.2, -0.15) is 0 Å². The number of aromatic carboxylic acids is 1. The molecule has 0 amide bonds. The lowest BCUT2D eigenvalue weighted by molar-refractivity contribution is 0.0697. The van der Waals surface area contributed by atoms with Crippen LogP contribution in [0.15, 0.2) is 54.9 Å². The fourth-order valence-corrected chi connectivity index (χ4v) is 3.88. The molecule has 1 aromatic heterocycles. The molecule has 6 nitrogen and oxygen atoms in total. The second-order valence-electron chi connectivity index (χ2n) is 7.04. The summed E-state index contributed by atoms with van der Waals surface area (Å²) in [5.41, 5.74) is 3.63. The first-order valence-corrected chi connectivity index (χ1v) is 9.96. The molecule has 2 aromatic carbocycles. The lowest BCUT2D eigenvalue weighted by atomic mass is 9.91. The number of carboxylic acid groups (broad SMARTS) is 1. The number of anilines is 1. The van der Waals surface area contributed by atoms with Crippen molar-refractivity contribution < 1.29 is 19.4 Å². The molecule has 0 bridgehead atoms. The van der Waals surface area contributed by atoms with Crippen molar-refractivity contribution in [2.24, 2.45) is 0 Å². The van der Waals surface area contributed by atoms with Crippen molar-refractivity contribution in [3.63, 3.8) is 0 Å². The van der Waals surface area contributed by atoms with E-state index in [0.29, 0.717) is 23.9 Å². The van der Waals surface area contributed by atoms with E-state index < -0.39 is 5.97 Å². The first-order chi connectivity index (χ1) is 14.6. The number of methoxy groups -OCH3 is 1. The number of carboxylic acids is 1. The van der Waals surface area contributed by atoms with Gasteiger partial charge in [-0.25, -0.2) is 4.79 Å². The molecule has 1 atom stereocenters. The molecular formula is C23H21ClN2O4. The number of ether oxygens (including phenoxy) is 2. The topological polar surface area (TPSA) is 80.7 Å². The zero-order chi connectivity index (χ0) is 21.1. The molecule has 2 heterocycles. The quantitative estimate of drug-likeness (QED) is 0.573. The molecule has 4 rings (SSSR count). The molecule has 0 saturated heterocycles. The van der Waals surface area contributed by atoms with Gasteiger partial charge in [0.15, 0.2) is 0 Å². The maximum Gasteiger partial charge on any atom is 0.337 e. The molecule has 0 radical (unpaired) electrons. The van der Waals surface area contributed by atoms with Crippen LogP contribution in [0, 0.1) is 0 Å². The summed E-state index contributed by atoms with van der Waals surface area (Å²) in [6, 6.07) is 13.1. The highest BCUT2D eigenvalue weighted by molar-refractivity contribution is 6.33. The number of nitrogens with zero attached hydrogens (tertiary/aromatic N) is 1. The van der Waals surface area contributed by atoms with E-state index in [1.165, 1.54) is 18.5 Å². The Balaban J connectivity index is 1.58. The summed E-state index contributed by atoms with van der Waals surface area (Å²) in [5.74, 6) is 0.757. The van der Waals surface area contributed by atoms with Crippen LogP contribution in [0.3, 0.4) is 0 Å². The summed E-state index contributed by atoms with van der Waals surface area (Å²) in [7, 11) is 1.62. The number of fused-ring (bicyclic) bond motifs is 1. The van der Waals surface area contributed by atoms with Crippen LogP contribution in [0.5, 0.6) is 11.5 Å². The third-order valence-electron chi connectivity index (χ3n) is 5.25. The van der Waals surface area contributed by atoms with Crippen LogP contribution in [0.4, 0.5) is 5.69 Å². The van der Waals surface area contributed by atoms with Crippen molar-refractivity contribution in [3.05, 3.63) is 71.0 Å². The van der Waals surface area contributed by atoms with Crippen LogP contribution in [0.2, 0.25) is 5.02 Å². The van der Waals surface area contributed by atoms with Crippen LogP contribution < -0.4 is 14.8 Å². The van der Waals surface area contributed by atoms with E-state index in [-0.39, 0.29) is 11.5 Å². The first kappa shape index (κ1) is 20.0. The van der Waals surface area contributed by atoms with Crippen LogP contribution in [-0.2, 0) is 0 Å². The maximum absolute atomic E-state index is 11.4. The molecule has 7 heteroatoms. The van der Waals surface area contributed by atoms with Gasteiger partial charge in [0, 0.05) is 29.2 Å². The smallest absolute Gasteiger partial charge is 0.337 e. The number of hydrogen-bond donors (Lipinski definition) is 2. The SMILES string of the molecule is COc1ccc(Cl)c(-c2ccc3c(c2)OCC[C@H]3CNc2cnccc2C(=O)O)c1. The number of carbonyl (C=O) groups is 1. The Kier molecular flexibility index (Phi) is 5.77. The number of nitrogens with one attached hydrogen (secondary N) is 1. The average Bonchev–Trinajstić information content (AvgIpc) is 2.77. The predicted octanol–water partition coefficient (Wildman–Crippen LogP) is 5.09. The molecule has 1 aliphatic heterocycles. The minimum Gasteiger partial charge on any atom is -0.497 e. The second kappa shape index (κ2) is 8.63. The van der Waals surface area contributed by atoms with E-state index in [4.69, 9.17) is 21.1 Å². The number of rotatable bonds is 6. The van der Waals surface area contributed by atoms with Crippen molar-refractivity contribution in [1.82, 2.24) is 4.98 Å². The summed E-state index contributed by atoms with van der Waals surface area (Å²) in [5, 5.41) is 13.2. The van der Waals surface area contributed by atoms with Gasteiger partial charge >= 0.3 is 5.97 Å². The lowest BCUT2D eigenvalue weighted by Crippen LogP contribution is -2.21. The molecule has 154 valence electrons. The molecule has 0 aliphatic carbocycles. The summed E-state index contributed by atoms with van der Waals surface area (Å²) < 4.78 is 11.2. The third-order valence-corrected chi connectivity index (χ3v) is 5.58. The molecule has 0 saturated carbocycles. The van der Waals surface area contributed by atoms with Gasteiger partial charge in [0.05, 0.1) is 31.2 Å². The lowest BCUT2D eigenvalue weighted by Gasteiger charge is -2.27. The van der Waals surface area contributed by atoms with Gasteiger partial charge in [-0.3, -0.25) is 4.98 Å². The highest BCUT2D eigenvalue weighted by Crippen LogP contribution is 2.39. The predicted molar refractivity (Wildman–Crippen MR) is 116 cm³/mol. The highest BCUT2D eigenvalue weighted by atomic mass is 35.5. The molecule has 0 fully saturated rings. The minimum atomic E-state index is -0.980. The van der Waals surface area contributed by atoms with E-state index in [1.54, 1.807) is 7.11 Å². The normalized spacial score (nSPS) is 15.1. The van der Waals surface area contributed by atoms with Gasteiger partial charge in [0.1, 0.15) is 11.5 Å². The molecule has 2 N–H and O–H groups in total. The van der Waals surface area contributed by atoms with Crippen molar-refractivity contribution in [2.45, 2.75) is 12.3 Å². The molecule has 30 heavy (non-hydrogen) atoms. The van der Waals surface area contributed by atoms with Crippen molar-refractivity contribution in [3.8, 4) is 22.6 Å². The average molecular weight is 425 g/mol. The minimum absolute atomic E-state index is 0.186. The van der Waals surface area contributed by atoms with Gasteiger partial charge in [-0.1, -0.05) is 23.7 Å². The summed E-state index contributed by atoms with van der Waals surface area (Å²) in [6.45, 7) is 1.18. The van der Waals surface area contributed by atoms with Gasteiger partial charge < -0.3 is 19.9 Å². The van der Waals surface area contributed by atoms with Crippen molar-refractivity contribution in [2.75, 3.05) is 25.6 Å². The van der Waals surface area contributed by atoms with E-state index >= 15 is 0 Å². The summed E-state index contributed by atoms with van der Waals surface area (Å²) in [6.07, 6.45) is 3.85. The Hall–Kier alpha value is -3.25. The standard InChI is InChI=1S/C23H21ClN2O4/c1-29-16-3-5-20(24)19(11-16)14-2-4-17-15(7-9-30-22(17)10-14)12-26-21-13-25-8-6-18(21)23(27)28/h2-6,8,10-11,13,15,26H,7,9,12H2,1H3,(H,27,28)/t15-/m0/s1. The fourth-order valence-electron chi connectivity index (χ4n) is 3.65. The molecule has 1 aliphatic rings. The Labute approximate surface area is 179 Å². The van der Waals surface area contributed by atoms with Crippen LogP contribution in [0.25, 0.3) is 11.1 Å². The van der Waals surface area contributed by atoms with Crippen molar-refractivity contribution >= 4 is 23.3 Å². The molecule has 0 spiro atoms. The van der Waals surface area contributed by atoms with Gasteiger partial charge in [0.25, 0.3) is 0 Å². The Morgan fingerprint density at radius 1 is 1.30 bits per heavy atom. The van der Waals surface area contributed by atoms with Gasteiger partial charge in [0.2, 0.25) is 0 Å². The number of pyridine rings is 1. The highest BCUT2D eigenvalue weighted by Gasteiger charge is 2.23. The maximum atomic E-state index is 11.4. The summed E-state index contributed by atoms with van der Waals surface area (Å²) >= 11 is 6.40. The van der Waals surface area contributed by atoms with Crippen LogP contribution in [-0.4, -0.2) is 36.3 Å². The van der Waals surface area contributed by atoms with Crippen molar-refractivity contribution in [1.29, 1.82) is 0 Å². The molecular weight excluding hydrogens is 404 g/mol. The number of benzene rings is 2. The van der Waals surface area contributed by atoms with E-state index in [9.17, 15) is 9.90 Å². The van der Waals surface area contributed by atoms with Crippen LogP contribution in [0.1, 0.15) is 28.3 Å². The Morgan fingerprint density at radius 2 is 2.17 bits per heavy atom. The fraction of sp³-hybridized carbons (Fsp3) is 0.217. The van der Waals surface area contributed by atoms with E-state index in [2.05, 4.69) is 10.3 Å². The molecule has 3 aromatic rings. The second-order valence-corrected chi connectivity index (χ2v) is 7.45. The molecule has 0 unspecified atom stereocenters. The Bertz CT molecular complexity index is 1090. The zero-order valence-corrected chi connectivity index (χ0v) is 17.1. The van der Waals surface area contributed by atoms with E-state index in [1.807, 2.05) is 36.4 Å². The van der Waals surface area contributed by atoms with Gasteiger partial charge in [-0.15, -0.1) is 0 Å². The number of aromatic nitrogens is 1. The Morgan fingerprint density at radius 3 is 2.97 bits per heavy atom. The first-order valence-electron chi connectivity index (χ1n) is 9.58. The van der Waals surface area contributed by atoms with E-state index in [0.717, 1.165) is 34.6 Å².